The SMILES string of the molecule is CC(=O)CCCC(=O)Nc1ccc(O[C@@H]2OC(CO)[C@@H](O)C(O)C2NC(C)=O)c(C(F)F)c1. The molecule has 3 unspecified atom stereocenters. The van der Waals surface area contributed by atoms with Gasteiger partial charge in [-0.15, -0.1) is 0 Å². The summed E-state index contributed by atoms with van der Waals surface area (Å²) in [5.41, 5.74) is -0.514. The van der Waals surface area contributed by atoms with E-state index in [9.17, 15) is 38.5 Å². The van der Waals surface area contributed by atoms with Crippen LogP contribution in [0.15, 0.2) is 18.2 Å². The molecule has 0 spiro atoms. The van der Waals surface area contributed by atoms with Crippen molar-refractivity contribution >= 4 is 23.3 Å². The number of ether oxygens (including phenoxy) is 2. The van der Waals surface area contributed by atoms with Crippen LogP contribution in [0.4, 0.5) is 14.5 Å². The lowest BCUT2D eigenvalue weighted by atomic mass is 9.97. The van der Waals surface area contributed by atoms with Gasteiger partial charge in [-0.1, -0.05) is 0 Å². The van der Waals surface area contributed by atoms with E-state index in [1.165, 1.54) is 13.0 Å². The number of hydrogen-bond donors (Lipinski definition) is 5. The van der Waals surface area contributed by atoms with Gasteiger partial charge in [-0.2, -0.15) is 0 Å². The molecule has 2 amide bonds. The van der Waals surface area contributed by atoms with Gasteiger partial charge in [0.25, 0.3) is 6.43 Å². The van der Waals surface area contributed by atoms with Crippen LogP contribution in [0.3, 0.4) is 0 Å². The average molecular weight is 474 g/mol. The highest BCUT2D eigenvalue weighted by Gasteiger charge is 2.46. The minimum Gasteiger partial charge on any atom is -0.462 e. The summed E-state index contributed by atoms with van der Waals surface area (Å²) in [5, 5.41) is 34.5. The Labute approximate surface area is 188 Å². The number of benzene rings is 1. The molecule has 1 saturated heterocycles. The molecule has 1 aromatic carbocycles. The standard InChI is InChI=1S/C21H28F2N2O8/c1-10(27)4-3-5-16(29)25-12-6-7-14(13(8-12)20(22)23)32-21-17(24-11(2)28)19(31)18(30)15(9-26)33-21/h6-8,15,17-21,26,30-31H,3-5,9H2,1-2H3,(H,24,28)(H,25,29)/t15?,17?,18-,19?,21-/m1/s1. The van der Waals surface area contributed by atoms with E-state index < -0.39 is 61.1 Å². The van der Waals surface area contributed by atoms with Crippen LogP contribution in [-0.4, -0.2) is 70.2 Å². The summed E-state index contributed by atoms with van der Waals surface area (Å²) in [6.07, 6.45) is -8.36. The van der Waals surface area contributed by atoms with Crippen LogP contribution in [0.5, 0.6) is 5.75 Å². The number of ketones is 1. The minimum absolute atomic E-state index is 0.0406. The van der Waals surface area contributed by atoms with Gasteiger partial charge in [0.2, 0.25) is 18.1 Å². The molecule has 1 aliphatic rings. The van der Waals surface area contributed by atoms with Gasteiger partial charge in [-0.25, -0.2) is 8.78 Å². The predicted octanol–water partition coefficient (Wildman–Crippen LogP) is 0.644. The Bertz CT molecular complexity index is 854. The molecule has 33 heavy (non-hydrogen) atoms. The highest BCUT2D eigenvalue weighted by atomic mass is 19.3. The number of anilines is 1. The van der Waals surface area contributed by atoms with Crippen molar-refractivity contribution in [3.8, 4) is 5.75 Å². The molecule has 5 N–H and O–H groups in total. The second kappa shape index (κ2) is 12.0. The van der Waals surface area contributed by atoms with Crippen molar-refractivity contribution < 1.29 is 48.0 Å². The van der Waals surface area contributed by atoms with E-state index in [0.29, 0.717) is 6.42 Å². The maximum Gasteiger partial charge on any atom is 0.267 e. The molecule has 0 bridgehead atoms. The average Bonchev–Trinajstić information content (AvgIpc) is 2.73. The van der Waals surface area contributed by atoms with Gasteiger partial charge in [-0.3, -0.25) is 9.59 Å². The van der Waals surface area contributed by atoms with E-state index in [2.05, 4.69) is 10.6 Å². The molecule has 1 fully saturated rings. The fourth-order valence-electron chi connectivity index (χ4n) is 3.32. The number of carbonyl (C=O) groups excluding carboxylic acids is 3. The summed E-state index contributed by atoms with van der Waals surface area (Å²) in [6, 6.07) is 2.17. The minimum atomic E-state index is -3.01. The first-order valence-corrected chi connectivity index (χ1v) is 10.3. The van der Waals surface area contributed by atoms with Crippen molar-refractivity contribution in [1.29, 1.82) is 0 Å². The number of hydrogen-bond acceptors (Lipinski definition) is 8. The van der Waals surface area contributed by atoms with E-state index in [1.807, 2.05) is 0 Å². The van der Waals surface area contributed by atoms with E-state index in [4.69, 9.17) is 9.47 Å². The Morgan fingerprint density at radius 2 is 1.85 bits per heavy atom. The zero-order chi connectivity index (χ0) is 24.7. The molecule has 184 valence electrons. The first-order valence-electron chi connectivity index (χ1n) is 10.3. The molecular weight excluding hydrogens is 446 g/mol. The number of nitrogens with one attached hydrogen (secondary N) is 2. The molecule has 12 heteroatoms. The summed E-state index contributed by atoms with van der Waals surface area (Å²) in [5.74, 6) is -1.45. The molecule has 0 saturated carbocycles. The van der Waals surface area contributed by atoms with Gasteiger partial charge in [0.1, 0.15) is 35.9 Å². The fraction of sp³-hybridized carbons (Fsp3) is 0.571. The van der Waals surface area contributed by atoms with Crippen LogP contribution in [0.25, 0.3) is 0 Å². The van der Waals surface area contributed by atoms with Crippen molar-refractivity contribution in [2.45, 2.75) is 70.2 Å². The zero-order valence-corrected chi connectivity index (χ0v) is 18.2. The van der Waals surface area contributed by atoms with E-state index in [-0.39, 0.29) is 30.1 Å². The number of alkyl halides is 2. The van der Waals surface area contributed by atoms with Gasteiger partial charge in [-0.05, 0) is 31.5 Å². The fourth-order valence-corrected chi connectivity index (χ4v) is 3.32. The van der Waals surface area contributed by atoms with Crippen LogP contribution < -0.4 is 15.4 Å². The summed E-state index contributed by atoms with van der Waals surface area (Å²) < 4.78 is 38.3. The monoisotopic (exact) mass is 474 g/mol. The first-order chi connectivity index (χ1) is 15.5. The van der Waals surface area contributed by atoms with Gasteiger partial charge >= 0.3 is 0 Å². The Morgan fingerprint density at radius 1 is 1.15 bits per heavy atom. The van der Waals surface area contributed by atoms with Gasteiger partial charge < -0.3 is 40.2 Å². The quantitative estimate of drug-likeness (QED) is 0.331. The molecule has 0 radical (unpaired) electrons. The first kappa shape index (κ1) is 26.6. The molecule has 1 aliphatic heterocycles. The lowest BCUT2D eigenvalue weighted by molar-refractivity contribution is -0.244. The summed E-state index contributed by atoms with van der Waals surface area (Å²) >= 11 is 0. The van der Waals surface area contributed by atoms with Crippen molar-refractivity contribution in [2.75, 3.05) is 11.9 Å². The summed E-state index contributed by atoms with van der Waals surface area (Å²) in [7, 11) is 0. The van der Waals surface area contributed by atoms with Crippen molar-refractivity contribution in [2.24, 2.45) is 0 Å². The van der Waals surface area contributed by atoms with Crippen molar-refractivity contribution in [3.05, 3.63) is 23.8 Å². The third kappa shape index (κ3) is 7.42. The molecule has 0 aliphatic carbocycles. The van der Waals surface area contributed by atoms with E-state index >= 15 is 0 Å². The second-order valence-electron chi connectivity index (χ2n) is 7.71. The van der Waals surface area contributed by atoms with Crippen molar-refractivity contribution in [3.63, 3.8) is 0 Å². The summed E-state index contributed by atoms with van der Waals surface area (Å²) in [4.78, 5) is 34.4. The molecule has 0 aromatic heterocycles. The Hall–Kier alpha value is -2.67. The molecule has 2 rings (SSSR count). The van der Waals surface area contributed by atoms with Crippen LogP contribution in [-0.2, 0) is 19.1 Å². The number of aliphatic hydroxyl groups excluding tert-OH is 3. The number of aliphatic hydroxyl groups is 3. The van der Waals surface area contributed by atoms with Crippen LogP contribution in [0.2, 0.25) is 0 Å². The number of halogens is 2. The van der Waals surface area contributed by atoms with E-state index in [1.54, 1.807) is 0 Å². The lowest BCUT2D eigenvalue weighted by Crippen LogP contribution is -2.65. The number of carbonyl (C=O) groups is 3. The van der Waals surface area contributed by atoms with E-state index in [0.717, 1.165) is 19.1 Å². The second-order valence-corrected chi connectivity index (χ2v) is 7.71. The van der Waals surface area contributed by atoms with Crippen LogP contribution >= 0.6 is 0 Å². The number of Topliss-reactive ketones (excluding diaryl/α,β-unsaturated/α-hetero) is 1. The highest BCUT2D eigenvalue weighted by molar-refractivity contribution is 5.91. The maximum atomic E-state index is 13.7. The Kier molecular flexibility index (Phi) is 9.65. The molecule has 1 aromatic rings. The third-order valence-corrected chi connectivity index (χ3v) is 4.96. The Balaban J connectivity index is 2.21. The van der Waals surface area contributed by atoms with Gasteiger partial charge in [0, 0.05) is 25.5 Å². The molecule has 5 atom stereocenters. The molecule has 10 nitrogen and oxygen atoms in total. The topological polar surface area (TPSA) is 154 Å². The van der Waals surface area contributed by atoms with Gasteiger partial charge in [0.15, 0.2) is 0 Å². The van der Waals surface area contributed by atoms with Crippen molar-refractivity contribution in [1.82, 2.24) is 5.32 Å². The Morgan fingerprint density at radius 3 is 2.42 bits per heavy atom. The summed E-state index contributed by atoms with van der Waals surface area (Å²) in [6.45, 7) is 1.86. The zero-order valence-electron chi connectivity index (χ0n) is 18.2. The highest BCUT2D eigenvalue weighted by Crippen LogP contribution is 2.34. The van der Waals surface area contributed by atoms with Gasteiger partial charge in [0.05, 0.1) is 12.2 Å². The number of rotatable bonds is 10. The lowest BCUT2D eigenvalue weighted by Gasteiger charge is -2.42. The molecule has 1 heterocycles. The third-order valence-electron chi connectivity index (χ3n) is 4.96. The van der Waals surface area contributed by atoms with Crippen LogP contribution in [0.1, 0.15) is 45.1 Å². The smallest absolute Gasteiger partial charge is 0.267 e. The molecular formula is C21H28F2N2O8. The number of amides is 2. The van der Waals surface area contributed by atoms with Crippen LogP contribution in [0, 0.1) is 0 Å². The predicted molar refractivity (Wildman–Crippen MR) is 111 cm³/mol. The largest absolute Gasteiger partial charge is 0.462 e. The normalized spacial score (nSPS) is 24.9. The maximum absolute atomic E-state index is 13.7.